The number of aryl methyl sites for hydroxylation is 1. The van der Waals surface area contributed by atoms with Crippen LogP contribution in [0.2, 0.25) is 0 Å². The van der Waals surface area contributed by atoms with E-state index in [-0.39, 0.29) is 13.2 Å². The molecule has 2 aromatic rings. The van der Waals surface area contributed by atoms with Crippen LogP contribution in [-0.4, -0.2) is 12.5 Å². The van der Waals surface area contributed by atoms with Crippen LogP contribution in [0, 0.1) is 11.7 Å². The third kappa shape index (κ3) is 4.00. The first-order valence-corrected chi connectivity index (χ1v) is 11.6. The van der Waals surface area contributed by atoms with Gasteiger partial charge in [0.05, 0.1) is 18.1 Å². The molecule has 8 heteroatoms. The molecule has 2 aliphatic carbocycles. The van der Waals surface area contributed by atoms with Crippen LogP contribution in [0.15, 0.2) is 72.8 Å². The molecule has 0 radical (unpaired) electrons. The Labute approximate surface area is 205 Å². The lowest BCUT2D eigenvalue weighted by molar-refractivity contribution is -0.258. The monoisotopic (exact) mass is 508 g/mol. The van der Waals surface area contributed by atoms with E-state index in [0.717, 1.165) is 36.6 Å². The zero-order valence-electron chi connectivity index (χ0n) is 19.9. The molecule has 2 unspecified atom stereocenters. The molecule has 0 aromatic heterocycles. The number of hydrogen-bond donors (Lipinski definition) is 0. The van der Waals surface area contributed by atoms with Gasteiger partial charge in [-0.1, -0.05) is 49.4 Å². The van der Waals surface area contributed by atoms with Crippen molar-refractivity contribution in [3.05, 3.63) is 101 Å². The number of halogens is 6. The van der Waals surface area contributed by atoms with Gasteiger partial charge in [-0.25, -0.2) is 8.78 Å². The molecule has 0 aliphatic heterocycles. The van der Waals surface area contributed by atoms with Crippen LogP contribution in [0.3, 0.4) is 0 Å². The van der Waals surface area contributed by atoms with Gasteiger partial charge in [-0.05, 0) is 48.6 Å². The molecule has 0 heterocycles. The van der Waals surface area contributed by atoms with Crippen LogP contribution in [0.1, 0.15) is 42.5 Å². The van der Waals surface area contributed by atoms with Gasteiger partial charge in [0.15, 0.2) is 23.2 Å². The van der Waals surface area contributed by atoms with Crippen LogP contribution >= 0.6 is 0 Å². The summed E-state index contributed by atoms with van der Waals surface area (Å²) in [5, 5.41) is 0. The predicted octanol–water partition coefficient (Wildman–Crippen LogP) is 7.93. The van der Waals surface area contributed by atoms with Crippen molar-refractivity contribution in [2.45, 2.75) is 50.6 Å². The van der Waals surface area contributed by atoms with Crippen molar-refractivity contribution in [1.29, 1.82) is 0 Å². The lowest BCUT2D eigenvalue weighted by Crippen LogP contribution is -2.58. The molecule has 4 rings (SSSR count). The van der Waals surface area contributed by atoms with Crippen molar-refractivity contribution < 1.29 is 35.8 Å². The predicted molar refractivity (Wildman–Crippen MR) is 124 cm³/mol. The van der Waals surface area contributed by atoms with E-state index < -0.39 is 57.5 Å². The zero-order chi connectivity index (χ0) is 26.3. The molecule has 0 spiro atoms. The Morgan fingerprint density at radius 3 is 2.28 bits per heavy atom. The van der Waals surface area contributed by atoms with Crippen molar-refractivity contribution in [2.24, 2.45) is 5.92 Å². The molecule has 36 heavy (non-hydrogen) atoms. The van der Waals surface area contributed by atoms with Crippen LogP contribution in [-0.2, 0) is 29.1 Å². The Balaban J connectivity index is 1.69. The van der Waals surface area contributed by atoms with E-state index in [1.165, 1.54) is 19.9 Å². The minimum absolute atomic E-state index is 0.0485. The molecular weight excluding hydrogens is 482 g/mol. The van der Waals surface area contributed by atoms with E-state index in [1.54, 1.807) is 18.2 Å². The molecule has 192 valence electrons. The minimum atomic E-state index is -4.99. The minimum Gasteiger partial charge on any atom is -0.491 e. The standard InChI is InChI=1S/C28H26F6O2/c1-4-6-7-17-8-10-18(11-9-17)16-36-21-14-15-26(3)19-12-13-20(35-5-2)23(29)22(19)27(31,32)28(33,34)25(26)24(21)30/h4,8-15,25H,1,5-7,16H2,2-3H3. The lowest BCUT2D eigenvalue weighted by Gasteiger charge is -2.49. The summed E-state index contributed by atoms with van der Waals surface area (Å²) >= 11 is 0. The number of fused-ring (bicyclic) bond motifs is 3. The number of hydrogen-bond acceptors (Lipinski definition) is 2. The van der Waals surface area contributed by atoms with Crippen molar-refractivity contribution in [3.63, 3.8) is 0 Å². The third-order valence-electron chi connectivity index (χ3n) is 6.81. The van der Waals surface area contributed by atoms with Crippen molar-refractivity contribution in [3.8, 4) is 5.75 Å². The molecule has 0 amide bonds. The Kier molecular flexibility index (Phi) is 6.75. The van der Waals surface area contributed by atoms with Crippen LogP contribution in [0.5, 0.6) is 5.75 Å². The maximum Gasteiger partial charge on any atom is 0.339 e. The van der Waals surface area contributed by atoms with Crippen molar-refractivity contribution in [1.82, 2.24) is 0 Å². The van der Waals surface area contributed by atoms with E-state index in [2.05, 4.69) is 6.58 Å². The maximum atomic E-state index is 15.5. The highest BCUT2D eigenvalue weighted by atomic mass is 19.3. The van der Waals surface area contributed by atoms with Gasteiger partial charge >= 0.3 is 11.8 Å². The largest absolute Gasteiger partial charge is 0.491 e. The average molecular weight is 509 g/mol. The zero-order valence-corrected chi connectivity index (χ0v) is 19.9. The summed E-state index contributed by atoms with van der Waals surface area (Å²) in [4.78, 5) is 0. The highest BCUT2D eigenvalue weighted by Gasteiger charge is 2.73. The van der Waals surface area contributed by atoms with Gasteiger partial charge in [0, 0.05) is 5.41 Å². The highest BCUT2D eigenvalue weighted by molar-refractivity contribution is 5.54. The molecule has 2 aromatic carbocycles. The van der Waals surface area contributed by atoms with Gasteiger partial charge in [-0.3, -0.25) is 0 Å². The van der Waals surface area contributed by atoms with E-state index in [4.69, 9.17) is 9.47 Å². The van der Waals surface area contributed by atoms with Gasteiger partial charge in [0.1, 0.15) is 6.61 Å². The second kappa shape index (κ2) is 9.37. The average Bonchev–Trinajstić information content (AvgIpc) is 2.83. The molecule has 0 bridgehead atoms. The Morgan fingerprint density at radius 2 is 1.64 bits per heavy atom. The van der Waals surface area contributed by atoms with Gasteiger partial charge < -0.3 is 9.47 Å². The normalized spacial score (nSPS) is 23.6. The molecule has 0 N–H and O–H groups in total. The van der Waals surface area contributed by atoms with Gasteiger partial charge in [-0.15, -0.1) is 6.58 Å². The quantitative estimate of drug-likeness (QED) is 0.266. The maximum absolute atomic E-state index is 15.5. The molecule has 2 nitrogen and oxygen atoms in total. The van der Waals surface area contributed by atoms with Gasteiger partial charge in [0.2, 0.25) is 0 Å². The van der Waals surface area contributed by atoms with Gasteiger partial charge in [0.25, 0.3) is 0 Å². The number of rotatable bonds is 8. The van der Waals surface area contributed by atoms with E-state index in [0.29, 0.717) is 5.56 Å². The first-order chi connectivity index (χ1) is 17.0. The fourth-order valence-electron chi connectivity index (χ4n) is 4.89. The van der Waals surface area contributed by atoms with E-state index >= 15 is 22.0 Å². The smallest absolute Gasteiger partial charge is 0.339 e. The topological polar surface area (TPSA) is 18.5 Å². The fraction of sp³-hybridized carbons (Fsp3) is 0.357. The first kappa shape index (κ1) is 25.9. The molecule has 2 atom stereocenters. The Bertz CT molecular complexity index is 1220. The van der Waals surface area contributed by atoms with Gasteiger partial charge in [-0.2, -0.15) is 17.6 Å². The Morgan fingerprint density at radius 1 is 0.972 bits per heavy atom. The summed E-state index contributed by atoms with van der Waals surface area (Å²) in [5.74, 6) is -16.7. The Hall–Kier alpha value is -3.16. The molecule has 0 fully saturated rings. The summed E-state index contributed by atoms with van der Waals surface area (Å²) in [6.45, 7) is 6.17. The molecule has 0 saturated carbocycles. The SMILES string of the molecule is C=CCCc1ccc(COC2=C(F)C3C(C)(C=C2)c2ccc(OCC)c(F)c2C(F)(F)C3(F)F)cc1. The number of benzene rings is 2. The fourth-order valence-corrected chi connectivity index (χ4v) is 4.89. The first-order valence-electron chi connectivity index (χ1n) is 11.6. The summed E-state index contributed by atoms with van der Waals surface area (Å²) < 4.78 is 102. The van der Waals surface area contributed by atoms with E-state index in [1.807, 2.05) is 12.1 Å². The lowest BCUT2D eigenvalue weighted by atomic mass is 9.59. The van der Waals surface area contributed by atoms with Crippen LogP contribution in [0.25, 0.3) is 0 Å². The number of alkyl halides is 4. The van der Waals surface area contributed by atoms with Crippen molar-refractivity contribution in [2.75, 3.05) is 6.61 Å². The summed E-state index contributed by atoms with van der Waals surface area (Å²) in [7, 11) is 0. The summed E-state index contributed by atoms with van der Waals surface area (Å²) in [6.07, 6.45) is 5.71. The number of allylic oxidation sites excluding steroid dienone is 4. The third-order valence-corrected chi connectivity index (χ3v) is 6.81. The summed E-state index contributed by atoms with van der Waals surface area (Å²) in [5.41, 5.74) is -2.15. The van der Waals surface area contributed by atoms with Crippen LogP contribution in [0.4, 0.5) is 26.3 Å². The van der Waals surface area contributed by atoms with Crippen molar-refractivity contribution >= 4 is 0 Å². The molecule has 2 aliphatic rings. The molecular formula is C28H26F6O2. The second-order valence-electron chi connectivity index (χ2n) is 9.12. The number of ether oxygens (including phenoxy) is 2. The van der Waals surface area contributed by atoms with E-state index in [9.17, 15) is 4.39 Å². The van der Waals surface area contributed by atoms with Crippen LogP contribution < -0.4 is 4.74 Å². The molecule has 0 saturated heterocycles. The summed E-state index contributed by atoms with van der Waals surface area (Å²) in [6, 6.07) is 9.42. The highest BCUT2D eigenvalue weighted by Crippen LogP contribution is 2.64. The second-order valence-corrected chi connectivity index (χ2v) is 9.12.